The molecule has 0 saturated heterocycles. The third-order valence-electron chi connectivity index (χ3n) is 1.92. The lowest BCUT2D eigenvalue weighted by Crippen LogP contribution is -1.91. The molecule has 2 nitrogen and oxygen atoms in total. The van der Waals surface area contributed by atoms with Gasteiger partial charge in [-0.25, -0.2) is 0 Å². The molecule has 2 rings (SSSR count). The van der Waals surface area contributed by atoms with E-state index in [9.17, 15) is 0 Å². The Balaban J connectivity index is 2.14. The summed E-state index contributed by atoms with van der Waals surface area (Å²) >= 11 is 19.4. The maximum absolute atomic E-state index is 5.99. The molecule has 1 aromatic heterocycles. The molecule has 0 unspecified atom stereocenters. The Morgan fingerprint density at radius 3 is 2.47 bits per heavy atom. The summed E-state index contributed by atoms with van der Waals surface area (Å²) in [7, 11) is 0. The smallest absolute Gasteiger partial charge is 0.0935 e. The van der Waals surface area contributed by atoms with Crippen molar-refractivity contribution in [2.45, 2.75) is 0 Å². The molecule has 0 atom stereocenters. The normalized spacial score (nSPS) is 11.0. The Labute approximate surface area is 118 Å². The van der Waals surface area contributed by atoms with Crippen molar-refractivity contribution in [1.29, 1.82) is 0 Å². The molecule has 0 radical (unpaired) electrons. The number of nitrogens with one attached hydrogen (secondary N) is 1. The van der Waals surface area contributed by atoms with E-state index in [0.29, 0.717) is 20.8 Å². The number of rotatable bonds is 3. The van der Waals surface area contributed by atoms with Gasteiger partial charge in [-0.15, -0.1) is 11.3 Å². The Hall–Kier alpha value is -0.740. The second-order valence-electron chi connectivity index (χ2n) is 3.13. The standard InChI is InChI=1S/C11H7Cl3N2S/c12-7-4-9(13)11(10(14)5-7)16-15-6-8-2-1-3-17-8/h1-6,16H/b15-6+. The van der Waals surface area contributed by atoms with Crippen LogP contribution in [0.1, 0.15) is 4.88 Å². The minimum atomic E-state index is 0.436. The predicted octanol–water partition coefficient (Wildman–Crippen LogP) is 5.15. The van der Waals surface area contributed by atoms with Crippen LogP contribution >= 0.6 is 46.1 Å². The first kappa shape index (κ1) is 12.7. The largest absolute Gasteiger partial charge is 0.275 e. The summed E-state index contributed by atoms with van der Waals surface area (Å²) in [6.07, 6.45) is 1.70. The van der Waals surface area contributed by atoms with Crippen molar-refractivity contribution in [1.82, 2.24) is 0 Å². The van der Waals surface area contributed by atoms with Gasteiger partial charge in [-0.3, -0.25) is 5.43 Å². The number of benzene rings is 1. The number of anilines is 1. The van der Waals surface area contributed by atoms with Crippen molar-refractivity contribution in [2.24, 2.45) is 5.10 Å². The zero-order valence-electron chi connectivity index (χ0n) is 8.45. The minimum absolute atomic E-state index is 0.436. The van der Waals surface area contributed by atoms with Gasteiger partial charge < -0.3 is 0 Å². The predicted molar refractivity (Wildman–Crippen MR) is 77.0 cm³/mol. The number of hydrazone groups is 1. The maximum Gasteiger partial charge on any atom is 0.0935 e. The monoisotopic (exact) mass is 304 g/mol. The summed E-state index contributed by atoms with van der Waals surface area (Å²) in [4.78, 5) is 1.04. The number of thiophene rings is 1. The summed E-state index contributed by atoms with van der Waals surface area (Å²) in [6, 6.07) is 7.13. The van der Waals surface area contributed by atoms with Crippen LogP contribution in [0.15, 0.2) is 34.7 Å². The summed E-state index contributed by atoms with van der Waals surface area (Å²) in [5.74, 6) is 0. The van der Waals surface area contributed by atoms with E-state index in [-0.39, 0.29) is 0 Å². The van der Waals surface area contributed by atoms with E-state index >= 15 is 0 Å². The zero-order chi connectivity index (χ0) is 12.3. The molecule has 0 aliphatic rings. The first-order chi connectivity index (χ1) is 8.16. The van der Waals surface area contributed by atoms with E-state index in [2.05, 4.69) is 10.5 Å². The van der Waals surface area contributed by atoms with Crippen LogP contribution in [0.4, 0.5) is 5.69 Å². The third-order valence-corrected chi connectivity index (χ3v) is 3.54. The van der Waals surface area contributed by atoms with Gasteiger partial charge in [0, 0.05) is 9.90 Å². The molecule has 17 heavy (non-hydrogen) atoms. The van der Waals surface area contributed by atoms with Gasteiger partial charge in [0.2, 0.25) is 0 Å². The van der Waals surface area contributed by atoms with Gasteiger partial charge in [0.05, 0.1) is 21.9 Å². The van der Waals surface area contributed by atoms with E-state index in [0.717, 1.165) is 4.88 Å². The second kappa shape index (κ2) is 5.74. The van der Waals surface area contributed by atoms with Crippen LogP contribution in [0.5, 0.6) is 0 Å². The highest BCUT2D eigenvalue weighted by atomic mass is 35.5. The van der Waals surface area contributed by atoms with E-state index in [1.54, 1.807) is 29.7 Å². The Morgan fingerprint density at radius 2 is 1.88 bits per heavy atom. The molecule has 1 aromatic carbocycles. The zero-order valence-corrected chi connectivity index (χ0v) is 11.5. The van der Waals surface area contributed by atoms with Crippen molar-refractivity contribution in [2.75, 3.05) is 5.43 Å². The third kappa shape index (κ3) is 3.36. The first-order valence-corrected chi connectivity index (χ1v) is 6.65. The van der Waals surface area contributed by atoms with E-state index in [1.807, 2.05) is 17.5 Å². The number of hydrogen-bond donors (Lipinski definition) is 1. The molecule has 0 fully saturated rings. The van der Waals surface area contributed by atoms with Gasteiger partial charge in [0.1, 0.15) is 0 Å². The quantitative estimate of drug-likeness (QED) is 0.615. The highest BCUT2D eigenvalue weighted by Gasteiger charge is 2.06. The van der Waals surface area contributed by atoms with Gasteiger partial charge in [-0.2, -0.15) is 5.10 Å². The highest BCUT2D eigenvalue weighted by molar-refractivity contribution is 7.11. The van der Waals surface area contributed by atoms with Crippen molar-refractivity contribution in [3.05, 3.63) is 49.6 Å². The molecule has 0 aliphatic carbocycles. The average molecular weight is 306 g/mol. The van der Waals surface area contributed by atoms with Crippen LogP contribution < -0.4 is 5.43 Å². The Morgan fingerprint density at radius 1 is 1.18 bits per heavy atom. The summed E-state index contributed by atoms with van der Waals surface area (Å²) in [5.41, 5.74) is 3.35. The summed E-state index contributed by atoms with van der Waals surface area (Å²) in [5, 5.41) is 7.40. The number of nitrogens with zero attached hydrogens (tertiary/aromatic N) is 1. The fraction of sp³-hybridized carbons (Fsp3) is 0. The van der Waals surface area contributed by atoms with Crippen LogP contribution in [0.3, 0.4) is 0 Å². The van der Waals surface area contributed by atoms with Crippen molar-refractivity contribution in [3.63, 3.8) is 0 Å². The van der Waals surface area contributed by atoms with Gasteiger partial charge in [-0.05, 0) is 23.6 Å². The molecule has 0 saturated carbocycles. The molecule has 2 aromatic rings. The van der Waals surface area contributed by atoms with Crippen LogP contribution in [-0.2, 0) is 0 Å². The fourth-order valence-electron chi connectivity index (χ4n) is 1.17. The summed E-state index contributed by atoms with van der Waals surface area (Å²) < 4.78 is 0. The lowest BCUT2D eigenvalue weighted by molar-refractivity contribution is 1.35. The van der Waals surface area contributed by atoms with Gasteiger partial charge in [0.25, 0.3) is 0 Å². The van der Waals surface area contributed by atoms with Crippen molar-refractivity contribution >= 4 is 58.0 Å². The van der Waals surface area contributed by atoms with Crippen molar-refractivity contribution < 1.29 is 0 Å². The molecular formula is C11H7Cl3N2S. The van der Waals surface area contributed by atoms with Gasteiger partial charge >= 0.3 is 0 Å². The summed E-state index contributed by atoms with van der Waals surface area (Å²) in [6.45, 7) is 0. The average Bonchev–Trinajstić information content (AvgIpc) is 2.74. The highest BCUT2D eigenvalue weighted by Crippen LogP contribution is 2.33. The van der Waals surface area contributed by atoms with E-state index in [1.165, 1.54) is 0 Å². The lowest BCUT2D eigenvalue weighted by Gasteiger charge is -2.06. The van der Waals surface area contributed by atoms with E-state index in [4.69, 9.17) is 34.8 Å². The van der Waals surface area contributed by atoms with Crippen molar-refractivity contribution in [3.8, 4) is 0 Å². The second-order valence-corrected chi connectivity index (χ2v) is 5.36. The van der Waals surface area contributed by atoms with Crippen LogP contribution in [0.2, 0.25) is 15.1 Å². The number of hydrogen-bond acceptors (Lipinski definition) is 3. The Bertz CT molecular complexity index is 515. The molecule has 0 bridgehead atoms. The lowest BCUT2D eigenvalue weighted by atomic mass is 10.3. The molecule has 0 amide bonds. The topological polar surface area (TPSA) is 24.4 Å². The van der Waals surface area contributed by atoms with E-state index < -0.39 is 0 Å². The fourth-order valence-corrected chi connectivity index (χ4v) is 2.66. The van der Waals surface area contributed by atoms with Gasteiger partial charge in [-0.1, -0.05) is 40.9 Å². The van der Waals surface area contributed by atoms with Crippen LogP contribution in [-0.4, -0.2) is 6.21 Å². The molecular weight excluding hydrogens is 299 g/mol. The molecule has 1 N–H and O–H groups in total. The van der Waals surface area contributed by atoms with Gasteiger partial charge in [0.15, 0.2) is 0 Å². The van der Waals surface area contributed by atoms with Crippen LogP contribution in [0, 0.1) is 0 Å². The SMILES string of the molecule is Clc1cc(Cl)c(N/N=C/c2cccs2)c(Cl)c1. The molecule has 0 aliphatic heterocycles. The molecule has 1 heterocycles. The van der Waals surface area contributed by atoms with Crippen LogP contribution in [0.25, 0.3) is 0 Å². The maximum atomic E-state index is 5.99. The number of halogens is 3. The Kier molecular flexibility index (Phi) is 4.29. The minimum Gasteiger partial charge on any atom is -0.275 e. The molecule has 6 heteroatoms. The molecule has 88 valence electrons. The first-order valence-electron chi connectivity index (χ1n) is 4.64. The molecule has 0 spiro atoms.